The van der Waals surface area contributed by atoms with Crippen LogP contribution in [0, 0.1) is 0 Å². The summed E-state index contributed by atoms with van der Waals surface area (Å²) in [6, 6.07) is 7.62. The number of carbonyl (C=O) groups excluding carboxylic acids is 2. The van der Waals surface area contributed by atoms with Gasteiger partial charge in [0.15, 0.2) is 0 Å². The van der Waals surface area contributed by atoms with Gasteiger partial charge in [-0.15, -0.1) is 0 Å². The monoisotopic (exact) mass is 217 g/mol. The van der Waals surface area contributed by atoms with Gasteiger partial charge in [-0.05, 0) is 11.1 Å². The Morgan fingerprint density at radius 2 is 2.19 bits per heavy atom. The van der Waals surface area contributed by atoms with Crippen LogP contribution in [-0.4, -0.2) is 29.9 Å². The number of ether oxygens (including phenoxy) is 1. The highest BCUT2D eigenvalue weighted by atomic mass is 16.6. The van der Waals surface area contributed by atoms with Gasteiger partial charge < -0.3 is 9.53 Å². The first-order chi connectivity index (χ1) is 7.81. The van der Waals surface area contributed by atoms with Crippen molar-refractivity contribution < 1.29 is 14.3 Å². The summed E-state index contributed by atoms with van der Waals surface area (Å²) in [5.41, 5.74) is 2.06. The molecule has 2 aliphatic heterocycles. The SMILES string of the molecule is O=CC1c2ccccc2CN2C(=O)OC[C@H]12. The molecule has 0 N–H and O–H groups in total. The molecule has 2 aliphatic rings. The van der Waals surface area contributed by atoms with Crippen LogP contribution in [-0.2, 0) is 16.1 Å². The smallest absolute Gasteiger partial charge is 0.410 e. The lowest BCUT2D eigenvalue weighted by atomic mass is 9.85. The van der Waals surface area contributed by atoms with Crippen LogP contribution in [0.4, 0.5) is 4.79 Å². The van der Waals surface area contributed by atoms with Crippen LogP contribution in [0.5, 0.6) is 0 Å². The van der Waals surface area contributed by atoms with Gasteiger partial charge >= 0.3 is 6.09 Å². The van der Waals surface area contributed by atoms with Gasteiger partial charge in [0.1, 0.15) is 12.9 Å². The third-order valence-electron chi connectivity index (χ3n) is 3.33. The molecule has 1 aromatic carbocycles. The molecule has 0 aromatic heterocycles. The number of fused-ring (bicyclic) bond motifs is 2. The molecule has 82 valence electrons. The second kappa shape index (κ2) is 3.33. The third-order valence-corrected chi connectivity index (χ3v) is 3.33. The van der Waals surface area contributed by atoms with Crippen molar-refractivity contribution >= 4 is 12.4 Å². The fourth-order valence-corrected chi connectivity index (χ4v) is 2.50. The molecule has 4 nitrogen and oxygen atoms in total. The van der Waals surface area contributed by atoms with E-state index >= 15 is 0 Å². The predicted octanol–water partition coefficient (Wildman–Crippen LogP) is 1.30. The first kappa shape index (κ1) is 9.39. The van der Waals surface area contributed by atoms with Crippen LogP contribution in [0.25, 0.3) is 0 Å². The molecule has 1 saturated heterocycles. The van der Waals surface area contributed by atoms with Crippen LogP contribution in [0.15, 0.2) is 24.3 Å². The second-order valence-corrected chi connectivity index (χ2v) is 4.13. The number of aldehydes is 1. The predicted molar refractivity (Wildman–Crippen MR) is 55.9 cm³/mol. The van der Waals surface area contributed by atoms with Crippen molar-refractivity contribution in [2.45, 2.75) is 18.5 Å². The summed E-state index contributed by atoms with van der Waals surface area (Å²) >= 11 is 0. The Balaban J connectivity index is 2.09. The molecule has 2 heterocycles. The highest BCUT2D eigenvalue weighted by Crippen LogP contribution is 2.35. The molecule has 0 spiro atoms. The topological polar surface area (TPSA) is 46.6 Å². The number of hydrogen-bond acceptors (Lipinski definition) is 3. The molecule has 0 aliphatic carbocycles. The number of hydrogen-bond donors (Lipinski definition) is 0. The first-order valence-electron chi connectivity index (χ1n) is 5.28. The lowest BCUT2D eigenvalue weighted by Gasteiger charge is -2.33. The van der Waals surface area contributed by atoms with Crippen LogP contribution >= 0.6 is 0 Å². The molecule has 2 atom stereocenters. The molecule has 0 bridgehead atoms. The molecule has 3 rings (SSSR count). The molecule has 4 heteroatoms. The number of amides is 1. The maximum atomic E-state index is 11.5. The van der Waals surface area contributed by atoms with Crippen LogP contribution < -0.4 is 0 Å². The highest BCUT2D eigenvalue weighted by molar-refractivity contribution is 5.75. The Bertz CT molecular complexity index is 457. The number of cyclic esters (lactones) is 1. The Kier molecular flexibility index (Phi) is 1.96. The Morgan fingerprint density at radius 1 is 1.38 bits per heavy atom. The summed E-state index contributed by atoms with van der Waals surface area (Å²) < 4.78 is 4.99. The van der Waals surface area contributed by atoms with E-state index in [1.807, 2.05) is 24.3 Å². The van der Waals surface area contributed by atoms with E-state index in [4.69, 9.17) is 4.74 Å². The van der Waals surface area contributed by atoms with Crippen molar-refractivity contribution in [3.05, 3.63) is 35.4 Å². The minimum Gasteiger partial charge on any atom is -0.447 e. The fourth-order valence-electron chi connectivity index (χ4n) is 2.50. The lowest BCUT2D eigenvalue weighted by molar-refractivity contribution is -0.110. The van der Waals surface area contributed by atoms with Gasteiger partial charge in [-0.3, -0.25) is 4.90 Å². The fraction of sp³-hybridized carbons (Fsp3) is 0.333. The maximum Gasteiger partial charge on any atom is 0.410 e. The third kappa shape index (κ3) is 1.16. The molecule has 1 fully saturated rings. The number of nitrogens with zero attached hydrogens (tertiary/aromatic N) is 1. The maximum absolute atomic E-state index is 11.5. The largest absolute Gasteiger partial charge is 0.447 e. The minimum absolute atomic E-state index is 0.125. The summed E-state index contributed by atoms with van der Waals surface area (Å²) in [5, 5.41) is 0. The minimum atomic E-state index is -0.314. The summed E-state index contributed by atoms with van der Waals surface area (Å²) in [6.45, 7) is 0.862. The summed E-state index contributed by atoms with van der Waals surface area (Å²) in [7, 11) is 0. The van der Waals surface area contributed by atoms with Gasteiger partial charge in [-0.1, -0.05) is 24.3 Å². The summed E-state index contributed by atoms with van der Waals surface area (Å²) in [6.07, 6.45) is 0.601. The quantitative estimate of drug-likeness (QED) is 0.666. The molecule has 1 unspecified atom stereocenters. The van der Waals surface area contributed by atoms with Gasteiger partial charge in [0.05, 0.1) is 12.0 Å². The van der Waals surface area contributed by atoms with E-state index < -0.39 is 0 Å². The summed E-state index contributed by atoms with van der Waals surface area (Å²) in [4.78, 5) is 24.3. The molecule has 0 saturated carbocycles. The van der Waals surface area contributed by atoms with Gasteiger partial charge in [0, 0.05) is 6.54 Å². The average molecular weight is 217 g/mol. The van der Waals surface area contributed by atoms with Crippen LogP contribution in [0.3, 0.4) is 0 Å². The standard InChI is InChI=1S/C12H11NO3/c14-6-10-9-4-2-1-3-8(9)5-13-11(10)7-16-12(13)15/h1-4,6,10-11H,5,7H2/t10?,11-/m1/s1. The average Bonchev–Trinajstić information content (AvgIpc) is 2.68. The van der Waals surface area contributed by atoms with Crippen molar-refractivity contribution in [1.82, 2.24) is 4.90 Å². The normalized spacial score (nSPS) is 27.0. The van der Waals surface area contributed by atoms with Crippen molar-refractivity contribution in [3.8, 4) is 0 Å². The molecule has 16 heavy (non-hydrogen) atoms. The Hall–Kier alpha value is -1.84. The van der Waals surface area contributed by atoms with Crippen molar-refractivity contribution in [1.29, 1.82) is 0 Å². The molecular weight excluding hydrogens is 206 g/mol. The second-order valence-electron chi connectivity index (χ2n) is 4.13. The highest BCUT2D eigenvalue weighted by Gasteiger charge is 2.42. The molecule has 1 amide bonds. The van der Waals surface area contributed by atoms with E-state index in [0.717, 1.165) is 17.4 Å². The Labute approximate surface area is 92.8 Å². The van der Waals surface area contributed by atoms with Crippen LogP contribution in [0.1, 0.15) is 17.0 Å². The zero-order chi connectivity index (χ0) is 11.1. The molecule has 1 aromatic rings. The number of carbonyl (C=O) groups is 2. The molecule has 0 radical (unpaired) electrons. The Morgan fingerprint density at radius 3 is 3.00 bits per heavy atom. The van der Waals surface area contributed by atoms with Crippen molar-refractivity contribution in [3.63, 3.8) is 0 Å². The van der Waals surface area contributed by atoms with Crippen LogP contribution in [0.2, 0.25) is 0 Å². The van der Waals surface area contributed by atoms with Gasteiger partial charge in [-0.2, -0.15) is 0 Å². The van der Waals surface area contributed by atoms with E-state index in [1.165, 1.54) is 0 Å². The lowest BCUT2D eigenvalue weighted by Crippen LogP contribution is -2.42. The van der Waals surface area contributed by atoms with E-state index in [2.05, 4.69) is 0 Å². The zero-order valence-corrected chi connectivity index (χ0v) is 8.63. The van der Waals surface area contributed by atoms with E-state index in [9.17, 15) is 9.59 Å². The van der Waals surface area contributed by atoms with Crippen molar-refractivity contribution in [2.75, 3.05) is 6.61 Å². The molecular formula is C12H11NO3. The van der Waals surface area contributed by atoms with Gasteiger partial charge in [0.25, 0.3) is 0 Å². The number of rotatable bonds is 1. The van der Waals surface area contributed by atoms with E-state index in [0.29, 0.717) is 13.2 Å². The van der Waals surface area contributed by atoms with Gasteiger partial charge in [0.2, 0.25) is 0 Å². The summed E-state index contributed by atoms with van der Waals surface area (Å²) in [5.74, 6) is -0.253. The zero-order valence-electron chi connectivity index (χ0n) is 8.63. The number of benzene rings is 1. The van der Waals surface area contributed by atoms with E-state index in [1.54, 1.807) is 4.90 Å². The van der Waals surface area contributed by atoms with E-state index in [-0.39, 0.29) is 18.1 Å². The first-order valence-corrected chi connectivity index (χ1v) is 5.28. The van der Waals surface area contributed by atoms with Gasteiger partial charge in [-0.25, -0.2) is 4.79 Å². The van der Waals surface area contributed by atoms with Crippen molar-refractivity contribution in [2.24, 2.45) is 0 Å².